The monoisotopic (exact) mass is 475 g/mol. The van der Waals surface area contributed by atoms with Crippen molar-refractivity contribution in [3.05, 3.63) is 114 Å². The zero-order valence-electron chi connectivity index (χ0n) is 17.1. The van der Waals surface area contributed by atoms with Gasteiger partial charge in [0.15, 0.2) is 0 Å². The first kappa shape index (κ1) is 19.0. The second-order valence-electron chi connectivity index (χ2n) is 7.68. The molecule has 2 aromatic heterocycles. The molecule has 0 saturated heterocycles. The van der Waals surface area contributed by atoms with Crippen LogP contribution in [0.4, 0.5) is 0 Å². The van der Waals surface area contributed by atoms with Crippen LogP contribution in [0, 0.1) is 0 Å². The minimum absolute atomic E-state index is 0.665. The van der Waals surface area contributed by atoms with Crippen molar-refractivity contribution in [1.29, 1.82) is 0 Å². The Morgan fingerprint density at radius 3 is 1.75 bits per heavy atom. The highest BCUT2D eigenvalue weighted by atomic mass is 79.9. The smallest absolute Gasteiger partial charge is 0.235 e. The third-order valence-electron chi connectivity index (χ3n) is 5.69. The van der Waals surface area contributed by atoms with E-state index in [-0.39, 0.29) is 0 Å². The van der Waals surface area contributed by atoms with E-state index in [9.17, 15) is 0 Å². The highest BCUT2D eigenvalue weighted by Crippen LogP contribution is 2.34. The van der Waals surface area contributed by atoms with Gasteiger partial charge in [-0.15, -0.1) is 0 Å². The molecule has 0 fully saturated rings. The standard InChI is InChI=1S/C28H18BrN3/c29-21-15-16-27-23(17-21)22-13-7-8-14-26(22)32(27)28-30-24(19-9-3-1-4-10-19)18-25(31-28)20-11-5-2-6-12-20/h1-18H. The van der Waals surface area contributed by atoms with E-state index in [4.69, 9.17) is 9.97 Å². The van der Waals surface area contributed by atoms with Gasteiger partial charge in [0, 0.05) is 26.4 Å². The first-order valence-corrected chi connectivity index (χ1v) is 11.3. The Balaban J connectivity index is 1.70. The normalized spacial score (nSPS) is 11.3. The summed E-state index contributed by atoms with van der Waals surface area (Å²) in [6.07, 6.45) is 0. The lowest BCUT2D eigenvalue weighted by molar-refractivity contribution is 0.995. The number of aromatic nitrogens is 3. The molecule has 6 aromatic rings. The maximum atomic E-state index is 5.03. The summed E-state index contributed by atoms with van der Waals surface area (Å²) in [5, 5.41) is 2.35. The van der Waals surface area contributed by atoms with Gasteiger partial charge < -0.3 is 0 Å². The molecule has 0 aliphatic carbocycles. The van der Waals surface area contributed by atoms with Crippen molar-refractivity contribution in [2.75, 3.05) is 0 Å². The van der Waals surface area contributed by atoms with Gasteiger partial charge in [0.25, 0.3) is 0 Å². The largest absolute Gasteiger partial charge is 0.278 e. The number of benzene rings is 4. The summed E-state index contributed by atoms with van der Waals surface area (Å²) in [7, 11) is 0. The molecule has 0 amide bonds. The van der Waals surface area contributed by atoms with Gasteiger partial charge in [-0.05, 0) is 30.3 Å². The Kier molecular flexibility index (Phi) is 4.58. The van der Waals surface area contributed by atoms with Gasteiger partial charge in [0.05, 0.1) is 22.4 Å². The van der Waals surface area contributed by atoms with Crippen LogP contribution in [-0.4, -0.2) is 14.5 Å². The van der Waals surface area contributed by atoms with Crippen molar-refractivity contribution in [1.82, 2.24) is 14.5 Å². The predicted octanol–water partition coefficient (Wildman–Crippen LogP) is 7.67. The van der Waals surface area contributed by atoms with Crippen LogP contribution in [0.5, 0.6) is 0 Å². The van der Waals surface area contributed by atoms with Crippen LogP contribution in [0.1, 0.15) is 0 Å². The summed E-state index contributed by atoms with van der Waals surface area (Å²) in [4.78, 5) is 10.1. The zero-order chi connectivity index (χ0) is 21.5. The summed E-state index contributed by atoms with van der Waals surface area (Å²) >= 11 is 3.63. The third kappa shape index (κ3) is 3.20. The van der Waals surface area contributed by atoms with Crippen molar-refractivity contribution >= 4 is 37.7 Å². The van der Waals surface area contributed by atoms with E-state index in [1.165, 1.54) is 10.8 Å². The van der Waals surface area contributed by atoms with E-state index >= 15 is 0 Å². The number of halogens is 1. The second kappa shape index (κ2) is 7.74. The van der Waals surface area contributed by atoms with Gasteiger partial charge in [0.1, 0.15) is 0 Å². The molecule has 0 bridgehead atoms. The first-order chi connectivity index (χ1) is 15.8. The van der Waals surface area contributed by atoms with Gasteiger partial charge in [-0.25, -0.2) is 9.97 Å². The molecule has 152 valence electrons. The molecule has 0 radical (unpaired) electrons. The Labute approximate surface area is 194 Å². The highest BCUT2D eigenvalue weighted by Gasteiger charge is 2.16. The third-order valence-corrected chi connectivity index (χ3v) is 6.18. The summed E-state index contributed by atoms with van der Waals surface area (Å²) in [6, 6.07) is 37.4. The van der Waals surface area contributed by atoms with Gasteiger partial charge in [0.2, 0.25) is 5.95 Å². The lowest BCUT2D eigenvalue weighted by Crippen LogP contribution is -2.03. The number of hydrogen-bond acceptors (Lipinski definition) is 2. The van der Waals surface area contributed by atoms with Crippen LogP contribution < -0.4 is 0 Å². The van der Waals surface area contributed by atoms with E-state index in [0.717, 1.165) is 38.0 Å². The molecule has 0 saturated carbocycles. The van der Waals surface area contributed by atoms with Gasteiger partial charge in [-0.1, -0.05) is 94.8 Å². The average Bonchev–Trinajstić information content (AvgIpc) is 3.18. The van der Waals surface area contributed by atoms with Crippen molar-refractivity contribution in [3.8, 4) is 28.5 Å². The molecule has 2 heterocycles. The number of fused-ring (bicyclic) bond motifs is 3. The molecule has 0 spiro atoms. The first-order valence-electron chi connectivity index (χ1n) is 10.5. The van der Waals surface area contributed by atoms with E-state index in [0.29, 0.717) is 5.95 Å². The van der Waals surface area contributed by atoms with E-state index in [1.807, 2.05) is 36.4 Å². The highest BCUT2D eigenvalue weighted by molar-refractivity contribution is 9.10. The molecule has 6 rings (SSSR count). The Hall–Kier alpha value is -3.76. The van der Waals surface area contributed by atoms with E-state index in [2.05, 4.69) is 93.3 Å². The summed E-state index contributed by atoms with van der Waals surface area (Å²) in [5.41, 5.74) is 6.10. The van der Waals surface area contributed by atoms with Crippen LogP contribution in [-0.2, 0) is 0 Å². The lowest BCUT2D eigenvalue weighted by atomic mass is 10.1. The Morgan fingerprint density at radius 1 is 0.531 bits per heavy atom. The fraction of sp³-hybridized carbons (Fsp3) is 0. The number of hydrogen-bond donors (Lipinski definition) is 0. The maximum Gasteiger partial charge on any atom is 0.235 e. The molecule has 0 aliphatic rings. The van der Waals surface area contributed by atoms with Crippen LogP contribution in [0.15, 0.2) is 114 Å². The Bertz CT molecular complexity index is 1510. The second-order valence-corrected chi connectivity index (χ2v) is 8.60. The van der Waals surface area contributed by atoms with Crippen molar-refractivity contribution in [2.24, 2.45) is 0 Å². The molecule has 0 N–H and O–H groups in total. The molecule has 0 unspecified atom stereocenters. The fourth-order valence-corrected chi connectivity index (χ4v) is 4.57. The van der Waals surface area contributed by atoms with Gasteiger partial charge in [-0.2, -0.15) is 0 Å². The molecule has 32 heavy (non-hydrogen) atoms. The SMILES string of the molecule is Brc1ccc2c(c1)c1ccccc1n2-c1nc(-c2ccccc2)cc(-c2ccccc2)n1. The van der Waals surface area contributed by atoms with E-state index < -0.39 is 0 Å². The van der Waals surface area contributed by atoms with Crippen molar-refractivity contribution in [2.45, 2.75) is 0 Å². The topological polar surface area (TPSA) is 30.7 Å². The molecule has 0 atom stereocenters. The fourth-order valence-electron chi connectivity index (χ4n) is 4.21. The van der Waals surface area contributed by atoms with Crippen LogP contribution in [0.2, 0.25) is 0 Å². The van der Waals surface area contributed by atoms with Gasteiger partial charge >= 0.3 is 0 Å². The lowest BCUT2D eigenvalue weighted by Gasteiger charge is -2.11. The average molecular weight is 476 g/mol. The van der Waals surface area contributed by atoms with E-state index in [1.54, 1.807) is 0 Å². The minimum Gasteiger partial charge on any atom is -0.278 e. The molecular weight excluding hydrogens is 458 g/mol. The maximum absolute atomic E-state index is 5.03. The van der Waals surface area contributed by atoms with Crippen molar-refractivity contribution < 1.29 is 0 Å². The van der Waals surface area contributed by atoms with Crippen LogP contribution >= 0.6 is 15.9 Å². The number of para-hydroxylation sites is 1. The summed E-state index contributed by atoms with van der Waals surface area (Å²) in [6.45, 7) is 0. The van der Waals surface area contributed by atoms with Gasteiger partial charge in [-0.3, -0.25) is 4.57 Å². The van der Waals surface area contributed by atoms with Crippen LogP contribution in [0.25, 0.3) is 50.3 Å². The zero-order valence-corrected chi connectivity index (χ0v) is 18.7. The van der Waals surface area contributed by atoms with Crippen LogP contribution in [0.3, 0.4) is 0 Å². The predicted molar refractivity (Wildman–Crippen MR) is 135 cm³/mol. The molecular formula is C28H18BrN3. The summed E-state index contributed by atoms with van der Waals surface area (Å²) in [5.74, 6) is 0.665. The molecule has 4 aromatic carbocycles. The quantitative estimate of drug-likeness (QED) is 0.262. The number of nitrogens with zero attached hydrogens (tertiary/aromatic N) is 3. The Morgan fingerprint density at radius 2 is 1.09 bits per heavy atom. The number of rotatable bonds is 3. The molecule has 4 heteroatoms. The summed E-state index contributed by atoms with van der Waals surface area (Å²) < 4.78 is 3.22. The molecule has 0 aliphatic heterocycles. The molecule has 3 nitrogen and oxygen atoms in total. The van der Waals surface area contributed by atoms with Crippen molar-refractivity contribution in [3.63, 3.8) is 0 Å². The minimum atomic E-state index is 0.665.